The lowest BCUT2D eigenvalue weighted by atomic mass is 9.92. The lowest BCUT2D eigenvalue weighted by Crippen LogP contribution is -2.18. The molecule has 0 bridgehead atoms. The topological polar surface area (TPSA) is 79.5 Å². The van der Waals surface area contributed by atoms with E-state index in [4.69, 9.17) is 4.42 Å². The molecule has 0 saturated heterocycles. The van der Waals surface area contributed by atoms with Crippen LogP contribution in [0.2, 0.25) is 0 Å². The maximum atomic E-state index is 14.0. The lowest BCUT2D eigenvalue weighted by Gasteiger charge is -2.12. The molecular formula is C26H19F4NO4. The third-order valence-electron chi connectivity index (χ3n) is 5.61. The number of hydrogen-bond acceptors (Lipinski definition) is 3. The quantitative estimate of drug-likeness (QED) is 0.301. The first-order valence-corrected chi connectivity index (χ1v) is 10.6. The molecular weight excluding hydrogens is 466 g/mol. The van der Waals surface area contributed by atoms with Crippen molar-refractivity contribution in [3.05, 3.63) is 82.9 Å². The van der Waals surface area contributed by atoms with E-state index < -0.39 is 41.9 Å². The highest BCUT2D eigenvalue weighted by Crippen LogP contribution is 2.38. The first-order chi connectivity index (χ1) is 16.7. The van der Waals surface area contributed by atoms with Crippen molar-refractivity contribution >= 4 is 22.8 Å². The fraction of sp³-hybridized carbons (Fsp3) is 0.154. The number of hydrogen-bond donors (Lipinski definition) is 2. The van der Waals surface area contributed by atoms with Gasteiger partial charge in [-0.2, -0.15) is 0 Å². The molecule has 0 spiro atoms. The van der Waals surface area contributed by atoms with E-state index in [-0.39, 0.29) is 28.9 Å². The van der Waals surface area contributed by atoms with Crippen molar-refractivity contribution in [2.75, 3.05) is 7.05 Å². The third kappa shape index (κ3) is 4.75. The molecule has 9 heteroatoms. The molecule has 0 atom stereocenters. The van der Waals surface area contributed by atoms with Crippen molar-refractivity contribution in [1.29, 1.82) is 0 Å². The molecule has 1 heterocycles. The summed E-state index contributed by atoms with van der Waals surface area (Å²) in [5, 5.41) is 12.2. The zero-order chi connectivity index (χ0) is 25.3. The first kappa shape index (κ1) is 24.0. The van der Waals surface area contributed by atoms with E-state index >= 15 is 0 Å². The zero-order valence-electron chi connectivity index (χ0n) is 18.4. The van der Waals surface area contributed by atoms with Crippen LogP contribution >= 0.6 is 0 Å². The fourth-order valence-electron chi connectivity index (χ4n) is 3.94. The summed E-state index contributed by atoms with van der Waals surface area (Å²) in [5.41, 5.74) is 1.26. The van der Waals surface area contributed by atoms with Crippen LogP contribution in [-0.2, 0) is 6.42 Å². The minimum Gasteiger partial charge on any atom is -0.478 e. The molecule has 0 fully saturated rings. The van der Waals surface area contributed by atoms with Crippen LogP contribution in [0.5, 0.6) is 0 Å². The number of aryl methyl sites for hydroxylation is 1. The van der Waals surface area contributed by atoms with Crippen LogP contribution in [0.1, 0.15) is 32.7 Å². The molecule has 0 aliphatic heterocycles. The second-order valence-electron chi connectivity index (χ2n) is 7.83. The van der Waals surface area contributed by atoms with E-state index in [1.54, 1.807) is 0 Å². The van der Waals surface area contributed by atoms with Crippen LogP contribution in [0.4, 0.5) is 17.6 Å². The standard InChI is InChI=1S/C26H19F4NO4/c1-31-25(32)23-19-12-17(14-4-8-20(28)18(10-14)26(33)34)15(5-9-22(29)30)11-21(19)35-24(23)13-2-6-16(27)7-3-13/h2-4,6-8,10-12,22H,5,9H2,1H3,(H,31,32)(H,33,34). The Morgan fingerprint density at radius 3 is 2.31 bits per heavy atom. The predicted molar refractivity (Wildman–Crippen MR) is 122 cm³/mol. The Balaban J connectivity index is 2.00. The van der Waals surface area contributed by atoms with Gasteiger partial charge in [0, 0.05) is 24.4 Å². The van der Waals surface area contributed by atoms with Crippen molar-refractivity contribution in [3.8, 4) is 22.5 Å². The van der Waals surface area contributed by atoms with Gasteiger partial charge in [-0.1, -0.05) is 6.07 Å². The maximum absolute atomic E-state index is 14.0. The normalized spacial score (nSPS) is 11.3. The number of carboxylic acid groups (broad SMARTS) is 1. The van der Waals surface area contributed by atoms with E-state index in [0.29, 0.717) is 22.1 Å². The fourth-order valence-corrected chi connectivity index (χ4v) is 3.94. The van der Waals surface area contributed by atoms with Gasteiger partial charge in [0.2, 0.25) is 6.43 Å². The molecule has 0 aliphatic rings. The summed E-state index contributed by atoms with van der Waals surface area (Å²) in [7, 11) is 1.42. The van der Waals surface area contributed by atoms with Crippen molar-refractivity contribution in [2.45, 2.75) is 19.3 Å². The summed E-state index contributed by atoms with van der Waals surface area (Å²) in [5.74, 6) is -3.24. The van der Waals surface area contributed by atoms with Gasteiger partial charge in [-0.25, -0.2) is 22.4 Å². The number of benzene rings is 3. The van der Waals surface area contributed by atoms with Crippen LogP contribution < -0.4 is 5.32 Å². The molecule has 4 aromatic rings. The van der Waals surface area contributed by atoms with E-state index in [0.717, 1.165) is 12.1 Å². The van der Waals surface area contributed by atoms with E-state index in [1.165, 1.54) is 49.5 Å². The number of halogens is 4. The van der Waals surface area contributed by atoms with Crippen LogP contribution in [0.3, 0.4) is 0 Å². The monoisotopic (exact) mass is 485 g/mol. The molecule has 0 unspecified atom stereocenters. The summed E-state index contributed by atoms with van der Waals surface area (Å²) in [6.07, 6.45) is -3.14. The van der Waals surface area contributed by atoms with Gasteiger partial charge in [0.15, 0.2) is 0 Å². The molecule has 0 aliphatic carbocycles. The third-order valence-corrected chi connectivity index (χ3v) is 5.61. The summed E-state index contributed by atoms with van der Waals surface area (Å²) >= 11 is 0. The van der Waals surface area contributed by atoms with Gasteiger partial charge >= 0.3 is 5.97 Å². The molecule has 2 N–H and O–H groups in total. The minimum absolute atomic E-state index is 0.0788. The second kappa shape index (κ2) is 9.61. The number of carbonyl (C=O) groups is 2. The average Bonchev–Trinajstić information content (AvgIpc) is 3.20. The number of fused-ring (bicyclic) bond motifs is 1. The number of rotatable bonds is 7. The molecule has 35 heavy (non-hydrogen) atoms. The summed E-state index contributed by atoms with van der Waals surface area (Å²) in [6.45, 7) is 0. The highest BCUT2D eigenvalue weighted by molar-refractivity contribution is 6.12. The smallest absolute Gasteiger partial charge is 0.338 e. The number of amides is 1. The molecule has 1 amide bonds. The van der Waals surface area contributed by atoms with E-state index in [2.05, 4.69) is 5.32 Å². The predicted octanol–water partition coefficient (Wildman–Crippen LogP) is 6.30. The average molecular weight is 485 g/mol. The first-order valence-electron chi connectivity index (χ1n) is 10.6. The summed E-state index contributed by atoms with van der Waals surface area (Å²) in [4.78, 5) is 24.3. The molecule has 5 nitrogen and oxygen atoms in total. The van der Waals surface area contributed by atoms with Gasteiger partial charge in [0.05, 0.1) is 11.1 Å². The van der Waals surface area contributed by atoms with Crippen LogP contribution in [-0.4, -0.2) is 30.5 Å². The Morgan fingerprint density at radius 1 is 1.00 bits per heavy atom. The van der Waals surface area contributed by atoms with Crippen LogP contribution in [0.15, 0.2) is 59.0 Å². The Hall–Kier alpha value is -4.14. The Morgan fingerprint density at radius 2 is 1.69 bits per heavy atom. The number of alkyl halides is 2. The molecule has 4 rings (SSSR count). The highest BCUT2D eigenvalue weighted by atomic mass is 19.3. The SMILES string of the molecule is CNC(=O)c1c(-c2ccc(F)cc2)oc2cc(CCC(F)F)c(-c3ccc(F)c(C(=O)O)c3)cc12. The van der Waals surface area contributed by atoms with Crippen molar-refractivity contribution < 1.29 is 36.7 Å². The van der Waals surface area contributed by atoms with Crippen molar-refractivity contribution in [3.63, 3.8) is 0 Å². The molecule has 180 valence electrons. The number of carboxylic acids is 1. The summed E-state index contributed by atoms with van der Waals surface area (Å²) < 4.78 is 59.5. The van der Waals surface area contributed by atoms with Gasteiger partial charge in [-0.15, -0.1) is 0 Å². The number of aromatic carboxylic acids is 1. The zero-order valence-corrected chi connectivity index (χ0v) is 18.4. The number of carbonyl (C=O) groups excluding carboxylic acids is 1. The Bertz CT molecular complexity index is 1430. The van der Waals surface area contributed by atoms with Gasteiger partial charge in [-0.3, -0.25) is 4.79 Å². The van der Waals surface area contributed by atoms with Crippen LogP contribution in [0, 0.1) is 11.6 Å². The highest BCUT2D eigenvalue weighted by Gasteiger charge is 2.24. The molecule has 3 aromatic carbocycles. The Labute approximate surface area is 197 Å². The lowest BCUT2D eigenvalue weighted by molar-refractivity contribution is 0.0691. The minimum atomic E-state index is -2.59. The molecule has 1 aromatic heterocycles. The van der Waals surface area contributed by atoms with Crippen molar-refractivity contribution in [1.82, 2.24) is 5.32 Å². The number of furan rings is 1. The number of nitrogens with one attached hydrogen (secondary N) is 1. The summed E-state index contributed by atoms with van der Waals surface area (Å²) in [6, 6.07) is 11.8. The maximum Gasteiger partial charge on any atom is 0.338 e. The Kier molecular flexibility index (Phi) is 6.59. The van der Waals surface area contributed by atoms with Crippen LogP contribution in [0.25, 0.3) is 33.4 Å². The largest absolute Gasteiger partial charge is 0.478 e. The van der Waals surface area contributed by atoms with Crippen molar-refractivity contribution in [2.24, 2.45) is 0 Å². The second-order valence-corrected chi connectivity index (χ2v) is 7.83. The van der Waals surface area contributed by atoms with Gasteiger partial charge in [0.25, 0.3) is 5.91 Å². The van der Waals surface area contributed by atoms with Gasteiger partial charge < -0.3 is 14.8 Å². The van der Waals surface area contributed by atoms with Gasteiger partial charge in [0.1, 0.15) is 23.0 Å². The van der Waals surface area contributed by atoms with E-state index in [9.17, 15) is 32.3 Å². The van der Waals surface area contributed by atoms with E-state index in [1.807, 2.05) is 0 Å². The molecule has 0 radical (unpaired) electrons. The van der Waals surface area contributed by atoms with Gasteiger partial charge in [-0.05, 0) is 71.6 Å². The molecule has 0 saturated carbocycles.